The summed E-state index contributed by atoms with van der Waals surface area (Å²) in [4.78, 5) is 11.5. The summed E-state index contributed by atoms with van der Waals surface area (Å²) in [5.41, 5.74) is 0.681. The Morgan fingerprint density at radius 2 is 1.95 bits per heavy atom. The number of rotatable bonds is 5. The molecular formula is C16H18O4. The summed E-state index contributed by atoms with van der Waals surface area (Å²) in [5.74, 6) is 0.0870. The van der Waals surface area contributed by atoms with Gasteiger partial charge in [-0.15, -0.1) is 0 Å². The Hall–Kier alpha value is -2.07. The normalized spacial score (nSPS) is 10.8. The molecule has 0 aliphatic heterocycles. The van der Waals surface area contributed by atoms with Crippen LogP contribution in [0.3, 0.4) is 0 Å². The van der Waals surface area contributed by atoms with Crippen molar-refractivity contribution in [3.63, 3.8) is 0 Å². The third-order valence-corrected chi connectivity index (χ3v) is 2.87. The highest BCUT2D eigenvalue weighted by Crippen LogP contribution is 2.28. The van der Waals surface area contributed by atoms with Gasteiger partial charge in [0.2, 0.25) is 0 Å². The van der Waals surface area contributed by atoms with Gasteiger partial charge in [0.25, 0.3) is 0 Å². The highest BCUT2D eigenvalue weighted by molar-refractivity contribution is 5.87. The number of benzene rings is 2. The summed E-state index contributed by atoms with van der Waals surface area (Å²) in [7, 11) is 0. The summed E-state index contributed by atoms with van der Waals surface area (Å²) in [6.07, 6.45) is -0.167. The van der Waals surface area contributed by atoms with E-state index in [9.17, 15) is 9.90 Å². The van der Waals surface area contributed by atoms with Gasteiger partial charge in [0, 0.05) is 5.56 Å². The largest absolute Gasteiger partial charge is 0.482 e. The fourth-order valence-corrected chi connectivity index (χ4v) is 2.05. The number of carbonyl (C=O) groups is 1. The molecule has 0 aliphatic carbocycles. The van der Waals surface area contributed by atoms with Crippen molar-refractivity contribution in [3.8, 4) is 5.75 Å². The van der Waals surface area contributed by atoms with Gasteiger partial charge in [0.1, 0.15) is 5.75 Å². The topological polar surface area (TPSA) is 55.8 Å². The minimum Gasteiger partial charge on any atom is -0.482 e. The fraction of sp³-hybridized carbons (Fsp3) is 0.312. The van der Waals surface area contributed by atoms with E-state index in [1.807, 2.05) is 30.3 Å². The van der Waals surface area contributed by atoms with Gasteiger partial charge in [-0.3, -0.25) is 0 Å². The molecule has 2 aromatic rings. The molecule has 20 heavy (non-hydrogen) atoms. The van der Waals surface area contributed by atoms with Crippen molar-refractivity contribution in [1.29, 1.82) is 0 Å². The minimum absolute atomic E-state index is 0.143. The molecule has 1 N–H and O–H groups in total. The van der Waals surface area contributed by atoms with E-state index in [0.29, 0.717) is 11.3 Å². The first-order valence-corrected chi connectivity index (χ1v) is 6.55. The second-order valence-electron chi connectivity index (χ2n) is 4.75. The van der Waals surface area contributed by atoms with Crippen molar-refractivity contribution in [3.05, 3.63) is 42.0 Å². The van der Waals surface area contributed by atoms with Gasteiger partial charge in [0.15, 0.2) is 6.61 Å². The molecular weight excluding hydrogens is 256 g/mol. The van der Waals surface area contributed by atoms with Gasteiger partial charge in [0.05, 0.1) is 12.7 Å². The first-order valence-electron chi connectivity index (χ1n) is 6.55. The molecule has 0 radical (unpaired) electrons. The molecule has 2 rings (SSSR count). The molecule has 0 heterocycles. The van der Waals surface area contributed by atoms with E-state index in [1.165, 1.54) is 0 Å². The van der Waals surface area contributed by atoms with Crippen molar-refractivity contribution in [2.45, 2.75) is 26.6 Å². The smallest absolute Gasteiger partial charge is 0.344 e. The third kappa shape index (κ3) is 3.27. The number of carbonyl (C=O) groups excluding carboxylic acids is 1. The van der Waals surface area contributed by atoms with Crippen LogP contribution in [-0.2, 0) is 16.1 Å². The summed E-state index contributed by atoms with van der Waals surface area (Å²) in [6.45, 7) is 3.26. The lowest BCUT2D eigenvalue weighted by Crippen LogP contribution is -2.19. The van der Waals surface area contributed by atoms with Crippen LogP contribution in [0.5, 0.6) is 5.75 Å². The monoisotopic (exact) mass is 274 g/mol. The maximum atomic E-state index is 11.5. The molecule has 0 atom stereocenters. The molecule has 106 valence electrons. The lowest BCUT2D eigenvalue weighted by molar-refractivity contribution is -0.149. The van der Waals surface area contributed by atoms with E-state index in [1.54, 1.807) is 19.9 Å². The molecule has 0 spiro atoms. The van der Waals surface area contributed by atoms with E-state index in [-0.39, 0.29) is 19.3 Å². The average molecular weight is 274 g/mol. The zero-order chi connectivity index (χ0) is 14.5. The number of fused-ring (bicyclic) bond motifs is 1. The number of aliphatic hydroxyl groups excluding tert-OH is 1. The summed E-state index contributed by atoms with van der Waals surface area (Å²) < 4.78 is 10.5. The molecule has 0 aromatic heterocycles. The Kier molecular flexibility index (Phi) is 4.58. The van der Waals surface area contributed by atoms with Crippen LogP contribution in [-0.4, -0.2) is 23.8 Å². The molecule has 2 aromatic carbocycles. The van der Waals surface area contributed by atoms with Gasteiger partial charge in [-0.05, 0) is 30.7 Å². The van der Waals surface area contributed by atoms with Gasteiger partial charge < -0.3 is 14.6 Å². The second kappa shape index (κ2) is 6.39. The van der Waals surface area contributed by atoms with Crippen molar-refractivity contribution in [1.82, 2.24) is 0 Å². The maximum Gasteiger partial charge on any atom is 0.344 e. The van der Waals surface area contributed by atoms with E-state index in [2.05, 4.69) is 0 Å². The number of esters is 1. The van der Waals surface area contributed by atoms with Crippen LogP contribution in [0, 0.1) is 0 Å². The lowest BCUT2D eigenvalue weighted by atomic mass is 10.0. The highest BCUT2D eigenvalue weighted by atomic mass is 16.6. The first kappa shape index (κ1) is 14.3. The van der Waals surface area contributed by atoms with Crippen LogP contribution in [0.4, 0.5) is 0 Å². The summed E-state index contributed by atoms with van der Waals surface area (Å²) >= 11 is 0. The van der Waals surface area contributed by atoms with Crippen LogP contribution < -0.4 is 4.74 Å². The van der Waals surface area contributed by atoms with E-state index < -0.39 is 5.97 Å². The first-order chi connectivity index (χ1) is 9.61. The lowest BCUT2D eigenvalue weighted by Gasteiger charge is -2.13. The average Bonchev–Trinajstić information content (AvgIpc) is 2.43. The van der Waals surface area contributed by atoms with Crippen LogP contribution in [0.25, 0.3) is 10.8 Å². The zero-order valence-corrected chi connectivity index (χ0v) is 11.6. The maximum absolute atomic E-state index is 11.5. The molecule has 0 fully saturated rings. The Balaban J connectivity index is 2.20. The number of ether oxygens (including phenoxy) is 2. The number of hydrogen-bond acceptors (Lipinski definition) is 4. The third-order valence-electron chi connectivity index (χ3n) is 2.87. The number of aliphatic hydroxyl groups is 1. The van der Waals surface area contributed by atoms with Crippen LogP contribution in [0.2, 0.25) is 0 Å². The van der Waals surface area contributed by atoms with Crippen molar-refractivity contribution >= 4 is 16.7 Å². The molecule has 4 nitrogen and oxygen atoms in total. The second-order valence-corrected chi connectivity index (χ2v) is 4.75. The van der Waals surface area contributed by atoms with Crippen LogP contribution >= 0.6 is 0 Å². The van der Waals surface area contributed by atoms with E-state index in [0.717, 1.165) is 10.8 Å². The van der Waals surface area contributed by atoms with E-state index in [4.69, 9.17) is 9.47 Å². The van der Waals surface area contributed by atoms with Crippen LogP contribution in [0.1, 0.15) is 19.4 Å². The molecule has 0 aliphatic rings. The number of hydrogen-bond donors (Lipinski definition) is 1. The minimum atomic E-state index is -0.419. The Morgan fingerprint density at radius 1 is 1.20 bits per heavy atom. The fourth-order valence-electron chi connectivity index (χ4n) is 2.05. The Morgan fingerprint density at radius 3 is 2.65 bits per heavy atom. The van der Waals surface area contributed by atoms with Crippen molar-refractivity contribution < 1.29 is 19.4 Å². The van der Waals surface area contributed by atoms with Crippen molar-refractivity contribution in [2.24, 2.45) is 0 Å². The highest BCUT2D eigenvalue weighted by Gasteiger charge is 2.11. The predicted octanol–water partition coefficient (Wildman–Crippen LogP) is 2.66. The summed E-state index contributed by atoms with van der Waals surface area (Å²) in [5, 5.41) is 11.5. The predicted molar refractivity (Wildman–Crippen MR) is 76.6 cm³/mol. The standard InChI is InChI=1S/C16H18O4/c1-11(2)20-16(18)10-19-15-8-7-12-5-3-4-6-13(12)14(15)9-17/h3-8,11,17H,9-10H2,1-2H3. The molecule has 0 saturated carbocycles. The molecule has 0 unspecified atom stereocenters. The molecule has 0 saturated heterocycles. The van der Waals surface area contributed by atoms with E-state index >= 15 is 0 Å². The SMILES string of the molecule is CC(C)OC(=O)COc1ccc2ccccc2c1CO. The molecule has 0 bridgehead atoms. The quantitative estimate of drug-likeness (QED) is 0.852. The Labute approximate surface area is 117 Å². The van der Waals surface area contributed by atoms with Gasteiger partial charge in [-0.2, -0.15) is 0 Å². The van der Waals surface area contributed by atoms with Gasteiger partial charge in [-0.1, -0.05) is 30.3 Å². The molecule has 0 amide bonds. The van der Waals surface area contributed by atoms with Crippen LogP contribution in [0.15, 0.2) is 36.4 Å². The zero-order valence-electron chi connectivity index (χ0n) is 11.6. The van der Waals surface area contributed by atoms with Crippen molar-refractivity contribution in [2.75, 3.05) is 6.61 Å². The van der Waals surface area contributed by atoms with Gasteiger partial charge in [-0.25, -0.2) is 4.79 Å². The van der Waals surface area contributed by atoms with Gasteiger partial charge >= 0.3 is 5.97 Å². The molecule has 4 heteroatoms. The summed E-state index contributed by atoms with van der Waals surface area (Å²) in [6, 6.07) is 11.4. The Bertz CT molecular complexity index is 604.